The number of halogens is 1. The van der Waals surface area contributed by atoms with Crippen molar-refractivity contribution in [3.05, 3.63) is 71.1 Å². The summed E-state index contributed by atoms with van der Waals surface area (Å²) in [6.45, 7) is 4.07. The molecule has 1 saturated heterocycles. The van der Waals surface area contributed by atoms with Crippen LogP contribution >= 0.6 is 11.6 Å². The number of fused-ring (bicyclic) bond motifs is 3. The largest absolute Gasteiger partial charge is 0.376 e. The Morgan fingerprint density at radius 1 is 1.16 bits per heavy atom. The first kappa shape index (κ1) is 20.4. The Morgan fingerprint density at radius 3 is 2.87 bits per heavy atom. The zero-order chi connectivity index (χ0) is 21.2. The molecular weight excluding hydrogens is 410 g/mol. The van der Waals surface area contributed by atoms with Crippen molar-refractivity contribution in [2.45, 2.75) is 44.9 Å². The van der Waals surface area contributed by atoms with Gasteiger partial charge < -0.3 is 14.0 Å². The predicted octanol–water partition coefficient (Wildman–Crippen LogP) is 5.74. The molecule has 160 valence electrons. The number of imidazole rings is 1. The molecule has 4 aromatic rings. The predicted molar refractivity (Wildman–Crippen MR) is 124 cm³/mol. The zero-order valence-corrected chi connectivity index (χ0v) is 18.4. The SMILES string of the molecule is CCc1nc2cnc3ccc(Cl)cc3c2n1C1CCO[C@H](COCc2ccccc2)C1. The lowest BCUT2D eigenvalue weighted by molar-refractivity contribution is -0.0581. The van der Waals surface area contributed by atoms with Gasteiger partial charge >= 0.3 is 0 Å². The molecule has 1 fully saturated rings. The first-order valence-corrected chi connectivity index (χ1v) is 11.3. The fourth-order valence-corrected chi connectivity index (χ4v) is 4.71. The van der Waals surface area contributed by atoms with E-state index in [0.29, 0.717) is 24.3 Å². The van der Waals surface area contributed by atoms with E-state index in [1.54, 1.807) is 0 Å². The third-order valence-electron chi connectivity index (χ3n) is 5.99. The Labute approximate surface area is 187 Å². The Bertz CT molecular complexity index is 1190. The maximum atomic E-state index is 6.33. The normalized spacial score (nSPS) is 19.3. The standard InChI is InChI=1S/C25H26ClN3O2/c1-2-24-28-23-14-27-22-9-8-18(26)12-21(22)25(23)29(24)19-10-11-31-20(13-19)16-30-15-17-6-4-3-5-7-17/h3-9,12,14,19-20H,2,10-11,13,15-16H2,1H3/t19?,20-/m0/s1. The van der Waals surface area contributed by atoms with Gasteiger partial charge in [0.1, 0.15) is 11.3 Å². The van der Waals surface area contributed by atoms with Crippen LogP contribution in [0.2, 0.25) is 5.02 Å². The van der Waals surface area contributed by atoms with Crippen LogP contribution < -0.4 is 0 Å². The van der Waals surface area contributed by atoms with E-state index in [9.17, 15) is 0 Å². The summed E-state index contributed by atoms with van der Waals surface area (Å²) in [5.41, 5.74) is 4.17. The molecule has 0 aliphatic carbocycles. The summed E-state index contributed by atoms with van der Waals surface area (Å²) in [7, 11) is 0. The second kappa shape index (κ2) is 8.95. The van der Waals surface area contributed by atoms with E-state index in [-0.39, 0.29) is 6.10 Å². The van der Waals surface area contributed by atoms with Gasteiger partial charge in [0.15, 0.2) is 0 Å². The van der Waals surface area contributed by atoms with Gasteiger partial charge in [-0.3, -0.25) is 4.98 Å². The lowest BCUT2D eigenvalue weighted by Crippen LogP contribution is -2.31. The summed E-state index contributed by atoms with van der Waals surface area (Å²) in [5, 5.41) is 1.77. The molecule has 5 rings (SSSR count). The van der Waals surface area contributed by atoms with Crippen LogP contribution in [0.5, 0.6) is 0 Å². The van der Waals surface area contributed by atoms with E-state index in [1.807, 2.05) is 42.6 Å². The molecule has 1 unspecified atom stereocenters. The minimum absolute atomic E-state index is 0.0707. The molecule has 31 heavy (non-hydrogen) atoms. The average molecular weight is 436 g/mol. The fourth-order valence-electron chi connectivity index (χ4n) is 4.53. The van der Waals surface area contributed by atoms with Crippen molar-refractivity contribution in [1.29, 1.82) is 0 Å². The maximum Gasteiger partial charge on any atom is 0.109 e. The van der Waals surface area contributed by atoms with Crippen LogP contribution in [0, 0.1) is 0 Å². The van der Waals surface area contributed by atoms with Crippen molar-refractivity contribution < 1.29 is 9.47 Å². The first-order valence-electron chi connectivity index (χ1n) is 10.9. The van der Waals surface area contributed by atoms with E-state index in [1.165, 1.54) is 5.56 Å². The Morgan fingerprint density at radius 2 is 2.03 bits per heavy atom. The van der Waals surface area contributed by atoms with Gasteiger partial charge in [0.05, 0.1) is 36.5 Å². The quantitative estimate of drug-likeness (QED) is 0.387. The molecule has 0 bridgehead atoms. The topological polar surface area (TPSA) is 49.2 Å². The van der Waals surface area contributed by atoms with Gasteiger partial charge in [-0.1, -0.05) is 48.9 Å². The van der Waals surface area contributed by atoms with E-state index in [4.69, 9.17) is 26.1 Å². The highest BCUT2D eigenvalue weighted by Gasteiger charge is 2.28. The number of rotatable bonds is 6. The number of hydrogen-bond donors (Lipinski definition) is 0. The molecule has 2 aromatic heterocycles. The van der Waals surface area contributed by atoms with Crippen molar-refractivity contribution in [3.63, 3.8) is 0 Å². The van der Waals surface area contributed by atoms with Crippen molar-refractivity contribution in [3.8, 4) is 0 Å². The van der Waals surface area contributed by atoms with Gasteiger partial charge in [-0.25, -0.2) is 4.98 Å². The van der Waals surface area contributed by atoms with Gasteiger partial charge in [-0.15, -0.1) is 0 Å². The number of nitrogens with zero attached hydrogens (tertiary/aromatic N) is 3. The molecular formula is C25H26ClN3O2. The number of aryl methyl sites for hydroxylation is 1. The molecule has 0 N–H and O–H groups in total. The first-order chi connectivity index (χ1) is 15.2. The van der Waals surface area contributed by atoms with Gasteiger partial charge in [-0.2, -0.15) is 0 Å². The molecule has 2 aromatic carbocycles. The summed E-state index contributed by atoms with van der Waals surface area (Å²) in [4.78, 5) is 9.49. The summed E-state index contributed by atoms with van der Waals surface area (Å²) in [6.07, 6.45) is 4.67. The van der Waals surface area contributed by atoms with E-state index in [0.717, 1.165) is 53.6 Å². The summed E-state index contributed by atoms with van der Waals surface area (Å²) >= 11 is 6.33. The molecule has 5 nitrogen and oxygen atoms in total. The number of pyridine rings is 1. The number of hydrogen-bond acceptors (Lipinski definition) is 4. The second-order valence-electron chi connectivity index (χ2n) is 8.08. The minimum Gasteiger partial charge on any atom is -0.376 e. The van der Waals surface area contributed by atoms with Crippen LogP contribution in [0.4, 0.5) is 0 Å². The Kier molecular flexibility index (Phi) is 5.90. The fraction of sp³-hybridized carbons (Fsp3) is 0.360. The highest BCUT2D eigenvalue weighted by molar-refractivity contribution is 6.31. The molecule has 1 aliphatic rings. The van der Waals surface area contributed by atoms with E-state index < -0.39 is 0 Å². The van der Waals surface area contributed by atoms with Gasteiger partial charge in [-0.05, 0) is 36.6 Å². The van der Waals surface area contributed by atoms with Crippen molar-refractivity contribution in [1.82, 2.24) is 14.5 Å². The third kappa shape index (κ3) is 4.18. The van der Waals surface area contributed by atoms with Crippen LogP contribution in [0.25, 0.3) is 21.9 Å². The highest BCUT2D eigenvalue weighted by atomic mass is 35.5. The summed E-state index contributed by atoms with van der Waals surface area (Å²) < 4.78 is 14.4. The Hall–Kier alpha value is -2.47. The number of benzene rings is 2. The summed E-state index contributed by atoms with van der Waals surface area (Å²) in [6, 6.07) is 16.4. The summed E-state index contributed by atoms with van der Waals surface area (Å²) in [5.74, 6) is 1.08. The smallest absolute Gasteiger partial charge is 0.109 e. The molecule has 6 heteroatoms. The second-order valence-corrected chi connectivity index (χ2v) is 8.51. The van der Waals surface area contributed by atoms with Gasteiger partial charge in [0.25, 0.3) is 0 Å². The van der Waals surface area contributed by atoms with Gasteiger partial charge in [0.2, 0.25) is 0 Å². The molecule has 3 heterocycles. The van der Waals surface area contributed by atoms with Crippen molar-refractivity contribution in [2.75, 3.05) is 13.2 Å². The number of aromatic nitrogens is 3. The maximum absolute atomic E-state index is 6.33. The molecule has 0 radical (unpaired) electrons. The van der Waals surface area contributed by atoms with E-state index >= 15 is 0 Å². The van der Waals surface area contributed by atoms with Crippen molar-refractivity contribution in [2.24, 2.45) is 0 Å². The van der Waals surface area contributed by atoms with Gasteiger partial charge in [0, 0.05) is 29.5 Å². The zero-order valence-electron chi connectivity index (χ0n) is 17.6. The molecule has 0 spiro atoms. The monoisotopic (exact) mass is 435 g/mol. The van der Waals surface area contributed by atoms with E-state index in [2.05, 4.69) is 28.6 Å². The highest BCUT2D eigenvalue weighted by Crippen LogP contribution is 2.34. The Balaban J connectivity index is 1.42. The molecule has 0 amide bonds. The van der Waals surface area contributed by atoms with Crippen LogP contribution in [0.15, 0.2) is 54.7 Å². The molecule has 1 aliphatic heterocycles. The average Bonchev–Trinajstić information content (AvgIpc) is 3.19. The van der Waals surface area contributed by atoms with Crippen molar-refractivity contribution >= 4 is 33.5 Å². The lowest BCUT2D eigenvalue weighted by atomic mass is 10.0. The number of ether oxygens (including phenoxy) is 2. The minimum atomic E-state index is 0.0707. The third-order valence-corrected chi connectivity index (χ3v) is 6.22. The molecule has 0 saturated carbocycles. The molecule has 2 atom stereocenters. The van der Waals surface area contributed by atoms with Crippen LogP contribution in [-0.4, -0.2) is 33.9 Å². The van der Waals surface area contributed by atoms with Crippen LogP contribution in [-0.2, 0) is 22.5 Å². The van der Waals surface area contributed by atoms with Crippen LogP contribution in [0.3, 0.4) is 0 Å². The lowest BCUT2D eigenvalue weighted by Gasteiger charge is -2.31. The van der Waals surface area contributed by atoms with Crippen LogP contribution in [0.1, 0.15) is 37.2 Å².